The molecule has 0 bridgehead atoms. The Balaban J connectivity index is 1.55. The highest BCUT2D eigenvalue weighted by Crippen LogP contribution is 2.42. The number of hydrogen-bond acceptors (Lipinski definition) is 6. The second-order valence-corrected chi connectivity index (χ2v) is 10.5. The fourth-order valence-electron chi connectivity index (χ4n) is 4.26. The van der Waals surface area contributed by atoms with Gasteiger partial charge in [0.25, 0.3) is 0 Å². The number of nitrogens with one attached hydrogen (secondary N) is 1. The fourth-order valence-corrected chi connectivity index (χ4v) is 4.26. The number of amides is 2. The topological polar surface area (TPSA) is 97.3 Å². The number of nitrogens with zero attached hydrogens (tertiary/aromatic N) is 4. The summed E-state index contributed by atoms with van der Waals surface area (Å²) in [6, 6.07) is -0.702. The zero-order chi connectivity index (χ0) is 28.0. The van der Waals surface area contributed by atoms with Crippen molar-refractivity contribution in [2.24, 2.45) is 0 Å². The van der Waals surface area contributed by atoms with Gasteiger partial charge in [-0.15, -0.1) is 0 Å². The van der Waals surface area contributed by atoms with Crippen molar-refractivity contribution in [2.75, 3.05) is 0 Å². The number of likely N-dealkylation sites (tertiary alicyclic amines) is 1. The van der Waals surface area contributed by atoms with E-state index in [-0.39, 0.29) is 41.4 Å². The lowest BCUT2D eigenvalue weighted by Crippen LogP contribution is -2.50. The van der Waals surface area contributed by atoms with Crippen LogP contribution in [-0.4, -0.2) is 55.7 Å². The first kappa shape index (κ1) is 27.6. The van der Waals surface area contributed by atoms with Gasteiger partial charge in [-0.3, -0.25) is 14.7 Å². The van der Waals surface area contributed by atoms with E-state index in [0.29, 0.717) is 12.8 Å². The summed E-state index contributed by atoms with van der Waals surface area (Å²) in [7, 11) is 0. The van der Waals surface area contributed by atoms with Crippen LogP contribution in [0.25, 0.3) is 11.1 Å². The molecule has 1 N–H and O–H groups in total. The second kappa shape index (κ2) is 10.1. The molecule has 2 fully saturated rings. The van der Waals surface area contributed by atoms with Gasteiger partial charge >= 0.3 is 12.3 Å². The molecule has 0 spiro atoms. The fraction of sp³-hybridized carbons (Fsp3) is 0.560. The van der Waals surface area contributed by atoms with E-state index >= 15 is 4.39 Å². The first-order valence-corrected chi connectivity index (χ1v) is 12.2. The smallest absolute Gasteiger partial charge is 0.444 e. The molecule has 8 nitrogen and oxygen atoms in total. The molecule has 0 aromatic carbocycles. The number of carbonyl (C=O) groups is 2. The molecule has 13 heteroatoms. The molecule has 0 unspecified atom stereocenters. The average molecular weight is 542 g/mol. The summed E-state index contributed by atoms with van der Waals surface area (Å²) in [4.78, 5) is 37.7. The van der Waals surface area contributed by atoms with E-state index in [1.54, 1.807) is 20.8 Å². The van der Waals surface area contributed by atoms with Gasteiger partial charge in [-0.25, -0.2) is 23.5 Å². The molecule has 38 heavy (non-hydrogen) atoms. The summed E-state index contributed by atoms with van der Waals surface area (Å²) in [5.41, 5.74) is -0.493. The predicted octanol–water partition coefficient (Wildman–Crippen LogP) is 4.93. The predicted molar refractivity (Wildman–Crippen MR) is 125 cm³/mol. The van der Waals surface area contributed by atoms with Gasteiger partial charge in [-0.05, 0) is 46.6 Å². The summed E-state index contributed by atoms with van der Waals surface area (Å²) < 4.78 is 73.6. The Kier molecular flexibility index (Phi) is 7.32. The van der Waals surface area contributed by atoms with E-state index in [1.165, 1.54) is 13.0 Å². The van der Waals surface area contributed by atoms with Crippen LogP contribution in [0.15, 0.2) is 18.5 Å². The largest absolute Gasteiger partial charge is 0.451 e. The van der Waals surface area contributed by atoms with Crippen molar-refractivity contribution in [3.8, 4) is 11.1 Å². The third-order valence-corrected chi connectivity index (χ3v) is 6.31. The quantitative estimate of drug-likeness (QED) is 0.540. The van der Waals surface area contributed by atoms with Crippen molar-refractivity contribution < 1.29 is 36.3 Å². The number of aromatic nitrogens is 3. The molecule has 2 amide bonds. The molecule has 0 radical (unpaired) electrons. The number of ether oxygens (including phenoxy) is 1. The highest BCUT2D eigenvalue weighted by molar-refractivity contribution is 5.86. The summed E-state index contributed by atoms with van der Waals surface area (Å²) in [6.45, 7) is 6.28. The second-order valence-electron chi connectivity index (χ2n) is 10.5. The van der Waals surface area contributed by atoms with Gasteiger partial charge in [0.05, 0.1) is 24.0 Å². The lowest BCUT2D eigenvalue weighted by molar-refractivity contribution is -0.145. The van der Waals surface area contributed by atoms with Crippen LogP contribution >= 0.6 is 0 Å². The van der Waals surface area contributed by atoms with Crippen LogP contribution in [0.4, 0.5) is 26.7 Å². The Bertz CT molecular complexity index is 1210. The average Bonchev–Trinajstić information content (AvgIpc) is 3.61. The van der Waals surface area contributed by atoms with Crippen molar-refractivity contribution in [3.63, 3.8) is 0 Å². The van der Waals surface area contributed by atoms with E-state index in [1.807, 2.05) is 0 Å². The molecule has 1 saturated heterocycles. The highest BCUT2D eigenvalue weighted by atomic mass is 19.4. The van der Waals surface area contributed by atoms with Gasteiger partial charge in [-0.1, -0.05) is 0 Å². The molecule has 4 rings (SSSR count). The van der Waals surface area contributed by atoms with Crippen molar-refractivity contribution in [1.82, 2.24) is 25.2 Å². The van der Waals surface area contributed by atoms with Gasteiger partial charge in [0, 0.05) is 35.9 Å². The van der Waals surface area contributed by atoms with Crippen molar-refractivity contribution in [2.45, 2.75) is 89.5 Å². The van der Waals surface area contributed by atoms with Gasteiger partial charge in [-0.2, -0.15) is 13.2 Å². The number of halogens is 5. The molecular formula is C25H28F5N5O3. The number of rotatable bonds is 5. The van der Waals surface area contributed by atoms with Crippen LogP contribution < -0.4 is 5.32 Å². The number of hydrogen-bond donors (Lipinski definition) is 1. The first-order valence-electron chi connectivity index (χ1n) is 12.2. The normalized spacial score (nSPS) is 21.9. The summed E-state index contributed by atoms with van der Waals surface area (Å²) in [6.07, 6.45) is -4.05. The van der Waals surface area contributed by atoms with Gasteiger partial charge in [0.2, 0.25) is 11.7 Å². The number of carbonyl (C=O) groups excluding carboxylic acids is 2. The SMILES string of the molecule is C[C@H]1[C@H](F)C[C@@H](C(=O)NCc2cc(-c3cnc(C(F)(F)F)nc3)c(F)c(C3CC3)n2)N1C(=O)OC(C)(C)C. The van der Waals surface area contributed by atoms with Crippen LogP contribution in [0.1, 0.15) is 70.1 Å². The molecule has 2 aliphatic rings. The van der Waals surface area contributed by atoms with Crippen LogP contribution in [0.3, 0.4) is 0 Å². The van der Waals surface area contributed by atoms with E-state index < -0.39 is 53.7 Å². The molecule has 1 saturated carbocycles. The van der Waals surface area contributed by atoms with Crippen molar-refractivity contribution >= 4 is 12.0 Å². The van der Waals surface area contributed by atoms with Crippen molar-refractivity contribution in [1.29, 1.82) is 0 Å². The van der Waals surface area contributed by atoms with Crippen LogP contribution in [-0.2, 0) is 22.3 Å². The number of pyridine rings is 1. The zero-order valence-electron chi connectivity index (χ0n) is 21.3. The first-order chi connectivity index (χ1) is 17.7. The maximum atomic E-state index is 15.2. The summed E-state index contributed by atoms with van der Waals surface area (Å²) >= 11 is 0. The minimum atomic E-state index is -4.74. The molecule has 3 heterocycles. The van der Waals surface area contributed by atoms with Crippen molar-refractivity contribution in [3.05, 3.63) is 41.5 Å². The Morgan fingerprint density at radius 1 is 1.16 bits per heavy atom. The van der Waals surface area contributed by atoms with Crippen LogP contribution in [0.5, 0.6) is 0 Å². The molecule has 206 valence electrons. The van der Waals surface area contributed by atoms with E-state index in [2.05, 4.69) is 20.3 Å². The molecule has 1 aliphatic heterocycles. The summed E-state index contributed by atoms with van der Waals surface area (Å²) in [5, 5.41) is 2.62. The van der Waals surface area contributed by atoms with Gasteiger partial charge in [0.1, 0.15) is 17.8 Å². The molecule has 3 atom stereocenters. The Labute approximate surface area is 216 Å². The Hall–Kier alpha value is -3.38. The monoisotopic (exact) mass is 541 g/mol. The lowest BCUT2D eigenvalue weighted by atomic mass is 10.0. The van der Waals surface area contributed by atoms with Crippen LogP contribution in [0, 0.1) is 5.82 Å². The minimum absolute atomic E-state index is 0.0216. The third-order valence-electron chi connectivity index (χ3n) is 6.31. The molecule has 2 aromatic heterocycles. The zero-order valence-corrected chi connectivity index (χ0v) is 21.3. The van der Waals surface area contributed by atoms with Crippen LogP contribution in [0.2, 0.25) is 0 Å². The van der Waals surface area contributed by atoms with E-state index in [0.717, 1.165) is 17.3 Å². The number of alkyl halides is 4. The maximum absolute atomic E-state index is 15.2. The Morgan fingerprint density at radius 2 is 1.79 bits per heavy atom. The van der Waals surface area contributed by atoms with E-state index in [9.17, 15) is 27.2 Å². The molecule has 2 aromatic rings. The standard InChI is InChI=1S/C25H28F5N5O3/c1-12-17(26)8-18(35(12)23(37)38-24(2,3)4)21(36)31-11-15-7-16(19(27)20(34-15)13-5-6-13)14-9-32-22(33-10-14)25(28,29)30/h7,9-10,12-13,17-18H,5-6,8,11H2,1-4H3,(H,31,36)/t12-,17+,18-/m0/s1. The third kappa shape index (κ3) is 6.02. The Morgan fingerprint density at radius 3 is 2.34 bits per heavy atom. The van der Waals surface area contributed by atoms with Gasteiger partial charge < -0.3 is 10.1 Å². The molecule has 1 aliphatic carbocycles. The highest BCUT2D eigenvalue weighted by Gasteiger charge is 2.46. The van der Waals surface area contributed by atoms with Gasteiger partial charge in [0.15, 0.2) is 5.82 Å². The maximum Gasteiger partial charge on any atom is 0.451 e. The summed E-state index contributed by atoms with van der Waals surface area (Å²) in [5.74, 6) is -2.82. The lowest BCUT2D eigenvalue weighted by Gasteiger charge is -2.30. The minimum Gasteiger partial charge on any atom is -0.444 e. The molecular weight excluding hydrogens is 513 g/mol. The van der Waals surface area contributed by atoms with E-state index in [4.69, 9.17) is 4.74 Å².